The zero-order valence-electron chi connectivity index (χ0n) is 7.16. The van der Waals surface area contributed by atoms with Gasteiger partial charge in [0, 0.05) is 10.9 Å². The number of hydrogen-bond donors (Lipinski definition) is 1. The largest absolute Gasteiger partial charge is 0.324 e. The summed E-state index contributed by atoms with van der Waals surface area (Å²) in [6, 6.07) is 8.04. The number of hydrogen-bond acceptors (Lipinski definition) is 3. The molecule has 1 atom stereocenters. The van der Waals surface area contributed by atoms with Gasteiger partial charge in [-0.2, -0.15) is 5.26 Å². The van der Waals surface area contributed by atoms with Crippen LogP contribution in [0.3, 0.4) is 0 Å². The van der Waals surface area contributed by atoms with Gasteiger partial charge < -0.3 is 5.73 Å². The summed E-state index contributed by atoms with van der Waals surface area (Å²) in [5.74, 6) is 1.06. The number of fused-ring (bicyclic) bond motifs is 1. The molecular weight excluding hydrogens is 180 g/mol. The SMILES string of the molecule is N#Cc1ccc2c(c1)SCC[C@@H]2N. The third-order valence-electron chi connectivity index (χ3n) is 2.23. The first-order valence-electron chi connectivity index (χ1n) is 4.23. The zero-order chi connectivity index (χ0) is 9.26. The Kier molecular flexibility index (Phi) is 2.26. The summed E-state index contributed by atoms with van der Waals surface area (Å²) >= 11 is 1.79. The van der Waals surface area contributed by atoms with E-state index in [0.29, 0.717) is 0 Å². The van der Waals surface area contributed by atoms with E-state index in [1.54, 1.807) is 11.8 Å². The predicted molar refractivity (Wildman–Crippen MR) is 53.4 cm³/mol. The van der Waals surface area contributed by atoms with Gasteiger partial charge in [0.25, 0.3) is 0 Å². The van der Waals surface area contributed by atoms with Gasteiger partial charge in [-0.3, -0.25) is 0 Å². The Hall–Kier alpha value is -0.980. The smallest absolute Gasteiger partial charge is 0.0992 e. The molecule has 0 radical (unpaired) electrons. The Balaban J connectivity index is 2.47. The van der Waals surface area contributed by atoms with Crippen LogP contribution in [0.1, 0.15) is 23.6 Å². The Labute approximate surface area is 81.7 Å². The van der Waals surface area contributed by atoms with Crippen LogP contribution in [0.15, 0.2) is 23.1 Å². The van der Waals surface area contributed by atoms with Crippen molar-refractivity contribution in [2.24, 2.45) is 5.73 Å². The average Bonchev–Trinajstić information content (AvgIpc) is 2.18. The molecule has 0 amide bonds. The highest BCUT2D eigenvalue weighted by Crippen LogP contribution is 2.35. The summed E-state index contributed by atoms with van der Waals surface area (Å²) < 4.78 is 0. The maximum atomic E-state index is 8.71. The number of nitriles is 1. The van der Waals surface area contributed by atoms with Crippen molar-refractivity contribution in [3.63, 3.8) is 0 Å². The lowest BCUT2D eigenvalue weighted by Crippen LogP contribution is -2.15. The van der Waals surface area contributed by atoms with E-state index in [2.05, 4.69) is 6.07 Å². The van der Waals surface area contributed by atoms with Crippen molar-refractivity contribution in [2.75, 3.05) is 5.75 Å². The fraction of sp³-hybridized carbons (Fsp3) is 0.300. The van der Waals surface area contributed by atoms with Crippen molar-refractivity contribution in [3.8, 4) is 6.07 Å². The van der Waals surface area contributed by atoms with Gasteiger partial charge >= 0.3 is 0 Å². The number of nitrogens with zero attached hydrogens (tertiary/aromatic N) is 1. The van der Waals surface area contributed by atoms with Gasteiger partial charge in [0.05, 0.1) is 11.6 Å². The van der Waals surface area contributed by atoms with E-state index in [0.717, 1.165) is 17.7 Å². The van der Waals surface area contributed by atoms with Gasteiger partial charge in [0.15, 0.2) is 0 Å². The van der Waals surface area contributed by atoms with E-state index in [1.807, 2.05) is 18.2 Å². The van der Waals surface area contributed by atoms with Crippen molar-refractivity contribution < 1.29 is 0 Å². The van der Waals surface area contributed by atoms with Crippen LogP contribution in [0.5, 0.6) is 0 Å². The molecule has 0 bridgehead atoms. The fourth-order valence-electron chi connectivity index (χ4n) is 1.49. The fourth-order valence-corrected chi connectivity index (χ4v) is 2.67. The van der Waals surface area contributed by atoms with Crippen LogP contribution in [0, 0.1) is 11.3 Å². The lowest BCUT2D eigenvalue weighted by molar-refractivity contribution is 0.680. The lowest BCUT2D eigenvalue weighted by Gasteiger charge is -2.21. The molecule has 13 heavy (non-hydrogen) atoms. The Morgan fingerprint density at radius 2 is 2.38 bits per heavy atom. The second kappa shape index (κ2) is 3.41. The molecule has 0 spiro atoms. The number of benzene rings is 1. The van der Waals surface area contributed by atoms with Crippen molar-refractivity contribution >= 4 is 11.8 Å². The molecule has 0 saturated carbocycles. The van der Waals surface area contributed by atoms with Crippen molar-refractivity contribution in [3.05, 3.63) is 29.3 Å². The number of thioether (sulfide) groups is 1. The predicted octanol–water partition coefficient (Wildman–Crippen LogP) is 2.05. The summed E-state index contributed by atoms with van der Waals surface area (Å²) in [6.07, 6.45) is 1.03. The molecular formula is C10H10N2S. The van der Waals surface area contributed by atoms with Crippen LogP contribution in [-0.2, 0) is 0 Å². The number of nitrogens with two attached hydrogens (primary N) is 1. The third kappa shape index (κ3) is 1.55. The Morgan fingerprint density at radius 1 is 1.54 bits per heavy atom. The quantitative estimate of drug-likeness (QED) is 0.681. The first-order chi connectivity index (χ1) is 6.31. The third-order valence-corrected chi connectivity index (χ3v) is 3.33. The van der Waals surface area contributed by atoms with Gasteiger partial charge in [0.1, 0.15) is 0 Å². The van der Waals surface area contributed by atoms with Crippen LogP contribution in [-0.4, -0.2) is 5.75 Å². The topological polar surface area (TPSA) is 49.8 Å². The zero-order valence-corrected chi connectivity index (χ0v) is 7.97. The minimum atomic E-state index is 0.156. The molecule has 1 aromatic carbocycles. The van der Waals surface area contributed by atoms with Crippen LogP contribution in [0.25, 0.3) is 0 Å². The highest BCUT2D eigenvalue weighted by Gasteiger charge is 2.16. The van der Waals surface area contributed by atoms with E-state index in [-0.39, 0.29) is 6.04 Å². The maximum absolute atomic E-state index is 8.71. The second-order valence-electron chi connectivity index (χ2n) is 3.11. The van der Waals surface area contributed by atoms with E-state index in [1.165, 1.54) is 10.5 Å². The second-order valence-corrected chi connectivity index (χ2v) is 4.24. The van der Waals surface area contributed by atoms with Crippen LogP contribution >= 0.6 is 11.8 Å². The Bertz CT molecular complexity index is 368. The minimum Gasteiger partial charge on any atom is -0.324 e. The lowest BCUT2D eigenvalue weighted by atomic mass is 10.0. The maximum Gasteiger partial charge on any atom is 0.0992 e. The first kappa shape index (κ1) is 8.61. The molecule has 3 heteroatoms. The number of rotatable bonds is 0. The Morgan fingerprint density at radius 3 is 3.15 bits per heavy atom. The molecule has 2 rings (SSSR count). The molecule has 1 aliphatic rings. The van der Waals surface area contributed by atoms with Crippen molar-refractivity contribution in [1.29, 1.82) is 5.26 Å². The van der Waals surface area contributed by atoms with E-state index >= 15 is 0 Å². The summed E-state index contributed by atoms with van der Waals surface area (Å²) in [7, 11) is 0. The van der Waals surface area contributed by atoms with Gasteiger partial charge in [-0.15, -0.1) is 11.8 Å². The standard InChI is InChI=1S/C10H10N2S/c11-6-7-1-2-8-9(12)3-4-13-10(8)5-7/h1-2,5,9H,3-4,12H2/t9-/m0/s1. The van der Waals surface area contributed by atoms with Crippen LogP contribution in [0.2, 0.25) is 0 Å². The summed E-state index contributed by atoms with van der Waals surface area (Å²) in [4.78, 5) is 1.18. The molecule has 0 aromatic heterocycles. The van der Waals surface area contributed by atoms with E-state index in [4.69, 9.17) is 11.0 Å². The molecule has 0 fully saturated rings. The van der Waals surface area contributed by atoms with Gasteiger partial charge in [-0.25, -0.2) is 0 Å². The molecule has 0 unspecified atom stereocenters. The molecule has 66 valence electrons. The highest BCUT2D eigenvalue weighted by molar-refractivity contribution is 7.99. The monoisotopic (exact) mass is 190 g/mol. The van der Waals surface area contributed by atoms with Crippen LogP contribution in [0.4, 0.5) is 0 Å². The van der Waals surface area contributed by atoms with Crippen LogP contribution < -0.4 is 5.73 Å². The molecule has 1 heterocycles. The molecule has 2 N–H and O–H groups in total. The molecule has 1 aliphatic heterocycles. The van der Waals surface area contributed by atoms with Gasteiger partial charge in [-0.05, 0) is 29.9 Å². The molecule has 1 aromatic rings. The summed E-state index contributed by atoms with van der Waals surface area (Å²) in [5.41, 5.74) is 7.85. The first-order valence-corrected chi connectivity index (χ1v) is 5.22. The summed E-state index contributed by atoms with van der Waals surface area (Å²) in [5, 5.41) is 8.71. The van der Waals surface area contributed by atoms with E-state index in [9.17, 15) is 0 Å². The van der Waals surface area contributed by atoms with Crippen molar-refractivity contribution in [1.82, 2.24) is 0 Å². The van der Waals surface area contributed by atoms with Crippen molar-refractivity contribution in [2.45, 2.75) is 17.4 Å². The van der Waals surface area contributed by atoms with Gasteiger partial charge in [-0.1, -0.05) is 6.07 Å². The molecule has 2 nitrogen and oxygen atoms in total. The highest BCUT2D eigenvalue weighted by atomic mass is 32.2. The van der Waals surface area contributed by atoms with Gasteiger partial charge in [0.2, 0.25) is 0 Å². The minimum absolute atomic E-state index is 0.156. The summed E-state index contributed by atoms with van der Waals surface area (Å²) in [6.45, 7) is 0. The van der Waals surface area contributed by atoms with E-state index < -0.39 is 0 Å². The molecule has 0 aliphatic carbocycles. The molecule has 0 saturated heterocycles. The average molecular weight is 190 g/mol. The normalized spacial score (nSPS) is 20.5.